The van der Waals surface area contributed by atoms with Gasteiger partial charge in [0, 0.05) is 10.4 Å². The van der Waals surface area contributed by atoms with Crippen molar-refractivity contribution in [1.29, 1.82) is 0 Å². The molecular weight excluding hydrogens is 528 g/mol. The molecule has 3 aromatic rings. The van der Waals surface area contributed by atoms with Crippen LogP contribution in [0.3, 0.4) is 0 Å². The van der Waals surface area contributed by atoms with Crippen molar-refractivity contribution < 1.29 is 49.1 Å². The van der Waals surface area contributed by atoms with Gasteiger partial charge in [-0.3, -0.25) is 13.7 Å². The average Bonchev–Trinajstić information content (AvgIpc) is 2.66. The molecule has 0 saturated heterocycles. The Morgan fingerprint density at radius 3 is 1.82 bits per heavy atom. The summed E-state index contributed by atoms with van der Waals surface area (Å²) < 4.78 is 96.7. The van der Waals surface area contributed by atoms with E-state index < -0.39 is 67.9 Å². The van der Waals surface area contributed by atoms with Crippen LogP contribution in [0, 0.1) is 0 Å². The van der Waals surface area contributed by atoms with E-state index >= 15 is 0 Å². The molecule has 0 bridgehead atoms. The Hall–Kier alpha value is -2.86. The van der Waals surface area contributed by atoms with Gasteiger partial charge in [-0.05, 0) is 35.7 Å². The van der Waals surface area contributed by atoms with Gasteiger partial charge in [0.05, 0.1) is 4.90 Å². The summed E-state index contributed by atoms with van der Waals surface area (Å²) >= 11 is 5.75. The zero-order valence-electron chi connectivity index (χ0n) is 15.6. The Balaban J connectivity index is 2.35. The SMILES string of the molecule is O=S(=O)(O)c1ccc2c(N=Nc3cc(Cl)cc(S(=O)(=O)O)c3O)c(O)c(S(=O)(=O)O)cc2c1. The summed E-state index contributed by atoms with van der Waals surface area (Å²) in [5.41, 5.74) is -1.26. The fourth-order valence-corrected chi connectivity index (χ4v) is 4.76. The van der Waals surface area contributed by atoms with E-state index in [0.717, 1.165) is 24.3 Å². The first-order valence-corrected chi connectivity index (χ1v) is 12.9. The van der Waals surface area contributed by atoms with Gasteiger partial charge in [-0.2, -0.15) is 25.3 Å². The van der Waals surface area contributed by atoms with Gasteiger partial charge in [-0.25, -0.2) is 0 Å². The second kappa shape index (κ2) is 8.17. The van der Waals surface area contributed by atoms with Gasteiger partial charge in [0.2, 0.25) is 0 Å². The predicted molar refractivity (Wildman–Crippen MR) is 112 cm³/mol. The number of nitrogens with zero attached hydrogens (tertiary/aromatic N) is 2. The first-order chi connectivity index (χ1) is 15.0. The minimum atomic E-state index is -5.07. The summed E-state index contributed by atoms with van der Waals surface area (Å²) in [4.78, 5) is -2.75. The molecule has 0 atom stereocenters. The molecule has 0 saturated carbocycles. The fourth-order valence-electron chi connectivity index (χ4n) is 2.73. The van der Waals surface area contributed by atoms with Crippen LogP contribution in [0.5, 0.6) is 11.5 Å². The van der Waals surface area contributed by atoms with Crippen molar-refractivity contribution >= 4 is 64.1 Å². The minimum absolute atomic E-state index is 0.118. The Morgan fingerprint density at radius 2 is 1.27 bits per heavy atom. The van der Waals surface area contributed by atoms with Crippen LogP contribution in [0.1, 0.15) is 0 Å². The summed E-state index contributed by atoms with van der Waals surface area (Å²) in [6.07, 6.45) is 0. The van der Waals surface area contributed by atoms with Crippen LogP contribution < -0.4 is 0 Å². The van der Waals surface area contributed by atoms with E-state index in [2.05, 4.69) is 10.2 Å². The summed E-state index contributed by atoms with van der Waals surface area (Å²) in [5, 5.41) is 26.9. The quantitative estimate of drug-likeness (QED) is 0.234. The standard InChI is InChI=1S/C16H11ClN2O11S3/c17-8-5-11(15(20)13(6-8)33(28,29)30)18-19-14-10-2-1-9(31(22,23)24)3-7(10)4-12(16(14)21)32(25,26)27/h1-6,20-21H,(H,22,23,24)(H,25,26,27)(H,28,29,30). The predicted octanol–water partition coefficient (Wildman–Crippen LogP) is 3.06. The van der Waals surface area contributed by atoms with E-state index in [-0.39, 0.29) is 15.8 Å². The molecule has 0 heterocycles. The summed E-state index contributed by atoms with van der Waals surface area (Å²) in [7, 11) is -14.7. The largest absolute Gasteiger partial charge is 0.504 e. The maximum absolute atomic E-state index is 11.7. The van der Waals surface area contributed by atoms with Gasteiger partial charge in [0.1, 0.15) is 21.2 Å². The number of benzene rings is 3. The third-order valence-electron chi connectivity index (χ3n) is 4.15. The van der Waals surface area contributed by atoms with Crippen LogP contribution in [-0.2, 0) is 30.4 Å². The van der Waals surface area contributed by atoms with Gasteiger partial charge >= 0.3 is 0 Å². The molecule has 0 aromatic heterocycles. The van der Waals surface area contributed by atoms with Crippen LogP contribution in [0.15, 0.2) is 61.3 Å². The highest BCUT2D eigenvalue weighted by molar-refractivity contribution is 7.86. The molecule has 0 fully saturated rings. The van der Waals surface area contributed by atoms with Gasteiger partial charge in [-0.15, -0.1) is 10.2 Å². The first-order valence-electron chi connectivity index (χ1n) is 8.16. The van der Waals surface area contributed by atoms with Crippen molar-refractivity contribution in [2.45, 2.75) is 14.7 Å². The Bertz CT molecular complexity index is 1670. The number of fused-ring (bicyclic) bond motifs is 1. The van der Waals surface area contributed by atoms with Crippen molar-refractivity contribution in [3.05, 3.63) is 41.4 Å². The van der Waals surface area contributed by atoms with E-state index in [1.807, 2.05) is 0 Å². The maximum atomic E-state index is 11.7. The Labute approximate surface area is 190 Å². The molecule has 0 aliphatic carbocycles. The Morgan fingerprint density at radius 1 is 0.697 bits per heavy atom. The third kappa shape index (κ3) is 5.06. The number of hydrogen-bond donors (Lipinski definition) is 5. The van der Waals surface area contributed by atoms with Crippen LogP contribution in [-0.4, -0.2) is 49.1 Å². The number of azo groups is 1. The fraction of sp³-hybridized carbons (Fsp3) is 0. The minimum Gasteiger partial charge on any atom is -0.504 e. The van der Waals surface area contributed by atoms with Gasteiger partial charge in [-0.1, -0.05) is 17.7 Å². The topological polar surface area (TPSA) is 228 Å². The number of halogens is 1. The lowest BCUT2D eigenvalue weighted by atomic mass is 10.1. The molecule has 13 nitrogen and oxygen atoms in total. The monoisotopic (exact) mass is 538 g/mol. The lowest BCUT2D eigenvalue weighted by Gasteiger charge is -2.10. The normalized spacial score (nSPS) is 13.1. The van der Waals surface area contributed by atoms with Crippen LogP contribution in [0.4, 0.5) is 11.4 Å². The van der Waals surface area contributed by atoms with Crippen molar-refractivity contribution in [3.8, 4) is 11.5 Å². The second-order valence-corrected chi connectivity index (χ2v) is 11.0. The lowest BCUT2D eigenvalue weighted by Crippen LogP contribution is -2.00. The highest BCUT2D eigenvalue weighted by atomic mass is 35.5. The lowest BCUT2D eigenvalue weighted by molar-refractivity contribution is 0.441. The summed E-state index contributed by atoms with van der Waals surface area (Å²) in [6, 6.07) is 5.11. The molecule has 3 aromatic carbocycles. The molecule has 0 amide bonds. The summed E-state index contributed by atoms with van der Waals surface area (Å²) in [6.45, 7) is 0. The Kier molecular flexibility index (Phi) is 6.13. The molecule has 176 valence electrons. The van der Waals surface area contributed by atoms with Crippen LogP contribution in [0.25, 0.3) is 10.8 Å². The molecule has 0 unspecified atom stereocenters. The highest BCUT2D eigenvalue weighted by Gasteiger charge is 2.24. The number of phenolic OH excluding ortho intramolecular Hbond substituents is 2. The van der Waals surface area contributed by atoms with Crippen molar-refractivity contribution in [2.75, 3.05) is 0 Å². The van der Waals surface area contributed by atoms with E-state index in [4.69, 9.17) is 11.6 Å². The van der Waals surface area contributed by atoms with Gasteiger partial charge in [0.25, 0.3) is 30.4 Å². The second-order valence-electron chi connectivity index (χ2n) is 6.35. The molecule has 0 radical (unpaired) electrons. The highest BCUT2D eigenvalue weighted by Crippen LogP contribution is 2.43. The zero-order valence-corrected chi connectivity index (χ0v) is 18.9. The van der Waals surface area contributed by atoms with E-state index in [1.165, 1.54) is 0 Å². The molecular formula is C16H11ClN2O11S3. The molecule has 3 rings (SSSR count). The number of phenols is 2. The molecule has 17 heteroatoms. The third-order valence-corrected chi connectivity index (χ3v) is 6.96. The first kappa shape index (κ1) is 24.8. The van der Waals surface area contributed by atoms with Crippen molar-refractivity contribution in [3.63, 3.8) is 0 Å². The maximum Gasteiger partial charge on any atom is 0.298 e. The molecule has 0 aliphatic heterocycles. The van der Waals surface area contributed by atoms with E-state index in [9.17, 15) is 49.1 Å². The molecule has 5 N–H and O–H groups in total. The van der Waals surface area contributed by atoms with E-state index in [1.54, 1.807) is 0 Å². The van der Waals surface area contributed by atoms with Crippen molar-refractivity contribution in [1.82, 2.24) is 0 Å². The smallest absolute Gasteiger partial charge is 0.298 e. The van der Waals surface area contributed by atoms with E-state index in [0.29, 0.717) is 12.1 Å². The van der Waals surface area contributed by atoms with Crippen molar-refractivity contribution in [2.24, 2.45) is 10.2 Å². The molecule has 33 heavy (non-hydrogen) atoms. The zero-order chi connectivity index (χ0) is 24.9. The molecule has 0 spiro atoms. The van der Waals surface area contributed by atoms with Gasteiger partial charge < -0.3 is 10.2 Å². The van der Waals surface area contributed by atoms with Gasteiger partial charge in [0.15, 0.2) is 11.5 Å². The number of hydrogen-bond acceptors (Lipinski definition) is 10. The van der Waals surface area contributed by atoms with Crippen LogP contribution in [0.2, 0.25) is 5.02 Å². The summed E-state index contributed by atoms with van der Waals surface area (Å²) in [5.74, 6) is -2.20. The average molecular weight is 539 g/mol. The number of rotatable bonds is 5. The van der Waals surface area contributed by atoms with Crippen LogP contribution >= 0.6 is 11.6 Å². The molecule has 0 aliphatic rings. The number of aromatic hydroxyl groups is 2.